The number of rotatable bonds is 9. The number of hydrogen-bond donors (Lipinski definition) is 2. The number of aromatic hydroxyl groups is 1. The van der Waals surface area contributed by atoms with Crippen LogP contribution in [-0.4, -0.2) is 30.9 Å². The van der Waals surface area contributed by atoms with E-state index < -0.39 is 0 Å². The zero-order chi connectivity index (χ0) is 13.2. The largest absolute Gasteiger partial charge is 0.508 e. The lowest BCUT2D eigenvalue weighted by molar-refractivity contribution is 0.112. The van der Waals surface area contributed by atoms with E-state index in [-0.39, 0.29) is 0 Å². The van der Waals surface area contributed by atoms with Crippen LogP contribution in [0.5, 0.6) is 5.75 Å². The molecule has 0 amide bonds. The van der Waals surface area contributed by atoms with Crippen LogP contribution < -0.4 is 5.32 Å². The van der Waals surface area contributed by atoms with Crippen LogP contribution in [0.25, 0.3) is 0 Å². The van der Waals surface area contributed by atoms with Gasteiger partial charge in [0.05, 0.1) is 6.61 Å². The van der Waals surface area contributed by atoms with Crippen LogP contribution in [-0.2, 0) is 11.2 Å². The Kier molecular flexibility index (Phi) is 7.46. The molecular weight excluding hydrogens is 226 g/mol. The highest BCUT2D eigenvalue weighted by atomic mass is 16.5. The van der Waals surface area contributed by atoms with Gasteiger partial charge in [-0.1, -0.05) is 26.0 Å². The Hall–Kier alpha value is -1.06. The van der Waals surface area contributed by atoms with Gasteiger partial charge in [-0.15, -0.1) is 0 Å². The number of nitrogens with one attached hydrogen (secondary N) is 1. The van der Waals surface area contributed by atoms with Crippen molar-refractivity contribution in [1.82, 2.24) is 5.32 Å². The van der Waals surface area contributed by atoms with E-state index in [4.69, 9.17) is 4.74 Å². The Bertz CT molecular complexity index is 311. The monoisotopic (exact) mass is 251 g/mol. The van der Waals surface area contributed by atoms with E-state index in [1.54, 1.807) is 12.1 Å². The molecule has 0 aliphatic carbocycles. The van der Waals surface area contributed by atoms with Crippen LogP contribution in [0.3, 0.4) is 0 Å². The maximum absolute atomic E-state index is 9.27. The van der Waals surface area contributed by atoms with Crippen LogP contribution in [0.4, 0.5) is 0 Å². The molecule has 3 heteroatoms. The predicted molar refractivity (Wildman–Crippen MR) is 75.0 cm³/mol. The Morgan fingerprint density at radius 2 is 1.89 bits per heavy atom. The SMILES string of the molecule is CCCNC(COCCC)Cc1ccc(O)cc1. The van der Waals surface area contributed by atoms with Crippen molar-refractivity contribution in [3.8, 4) is 5.75 Å². The minimum Gasteiger partial charge on any atom is -0.508 e. The van der Waals surface area contributed by atoms with Crippen molar-refractivity contribution >= 4 is 0 Å². The van der Waals surface area contributed by atoms with Crippen LogP contribution in [0, 0.1) is 0 Å². The fourth-order valence-electron chi connectivity index (χ4n) is 1.82. The van der Waals surface area contributed by atoms with Crippen LogP contribution in [0.15, 0.2) is 24.3 Å². The number of phenols is 1. The molecule has 0 radical (unpaired) electrons. The molecule has 0 aliphatic rings. The number of benzene rings is 1. The van der Waals surface area contributed by atoms with Gasteiger partial charge < -0.3 is 15.2 Å². The van der Waals surface area contributed by atoms with E-state index in [9.17, 15) is 5.11 Å². The first-order chi connectivity index (χ1) is 8.76. The summed E-state index contributed by atoms with van der Waals surface area (Å²) in [5.41, 5.74) is 1.22. The highest BCUT2D eigenvalue weighted by Crippen LogP contribution is 2.11. The van der Waals surface area contributed by atoms with Gasteiger partial charge in [0.25, 0.3) is 0 Å². The molecule has 3 nitrogen and oxygen atoms in total. The fraction of sp³-hybridized carbons (Fsp3) is 0.600. The van der Waals surface area contributed by atoms with Crippen LogP contribution in [0.2, 0.25) is 0 Å². The van der Waals surface area contributed by atoms with Gasteiger partial charge in [0.15, 0.2) is 0 Å². The van der Waals surface area contributed by atoms with Gasteiger partial charge in [-0.2, -0.15) is 0 Å². The lowest BCUT2D eigenvalue weighted by atomic mass is 10.1. The zero-order valence-corrected chi connectivity index (χ0v) is 11.5. The standard InChI is InChI=1S/C15H25NO2/c1-3-9-16-14(12-18-10-4-2)11-13-5-7-15(17)8-6-13/h5-8,14,16-17H,3-4,9-12H2,1-2H3. The summed E-state index contributed by atoms with van der Waals surface area (Å²) in [6.45, 7) is 6.86. The van der Waals surface area contributed by atoms with E-state index >= 15 is 0 Å². The van der Waals surface area contributed by atoms with Gasteiger partial charge in [-0.3, -0.25) is 0 Å². The van der Waals surface area contributed by atoms with Crippen LogP contribution in [0.1, 0.15) is 32.3 Å². The highest BCUT2D eigenvalue weighted by molar-refractivity contribution is 5.26. The third-order valence-electron chi connectivity index (χ3n) is 2.77. The Morgan fingerprint density at radius 3 is 2.50 bits per heavy atom. The van der Waals surface area contributed by atoms with Crippen molar-refractivity contribution in [1.29, 1.82) is 0 Å². The molecule has 0 fully saturated rings. The van der Waals surface area contributed by atoms with Gasteiger partial charge in [0, 0.05) is 12.6 Å². The first-order valence-electron chi connectivity index (χ1n) is 6.85. The summed E-state index contributed by atoms with van der Waals surface area (Å²) in [5, 5.41) is 12.8. The van der Waals surface area contributed by atoms with E-state index in [1.807, 2.05) is 12.1 Å². The molecule has 1 rings (SSSR count). The molecule has 1 atom stereocenters. The van der Waals surface area contributed by atoms with Crippen molar-refractivity contribution in [2.75, 3.05) is 19.8 Å². The predicted octanol–water partition coefficient (Wildman–Crippen LogP) is 2.73. The normalized spacial score (nSPS) is 12.6. The molecule has 1 aromatic carbocycles. The molecule has 1 aromatic rings. The molecule has 0 aliphatic heterocycles. The molecule has 0 bridgehead atoms. The summed E-state index contributed by atoms with van der Waals surface area (Å²) in [4.78, 5) is 0. The molecule has 0 saturated carbocycles. The molecule has 0 spiro atoms. The van der Waals surface area contributed by atoms with E-state index in [1.165, 1.54) is 5.56 Å². The maximum atomic E-state index is 9.27. The topological polar surface area (TPSA) is 41.5 Å². The highest BCUT2D eigenvalue weighted by Gasteiger charge is 2.09. The zero-order valence-electron chi connectivity index (χ0n) is 11.5. The summed E-state index contributed by atoms with van der Waals surface area (Å²) < 4.78 is 5.63. The lowest BCUT2D eigenvalue weighted by Crippen LogP contribution is -2.36. The first-order valence-corrected chi connectivity index (χ1v) is 6.85. The molecule has 0 heterocycles. The smallest absolute Gasteiger partial charge is 0.115 e. The summed E-state index contributed by atoms with van der Waals surface area (Å²) in [5.74, 6) is 0.319. The van der Waals surface area contributed by atoms with E-state index in [2.05, 4.69) is 19.2 Å². The second kappa shape index (κ2) is 8.95. The fourth-order valence-corrected chi connectivity index (χ4v) is 1.82. The van der Waals surface area contributed by atoms with Crippen molar-refractivity contribution in [3.05, 3.63) is 29.8 Å². The minimum atomic E-state index is 0.319. The molecule has 18 heavy (non-hydrogen) atoms. The third kappa shape index (κ3) is 6.03. The Balaban J connectivity index is 2.45. The Labute approximate surface area is 110 Å². The van der Waals surface area contributed by atoms with E-state index in [0.29, 0.717) is 11.8 Å². The van der Waals surface area contributed by atoms with Crippen molar-refractivity contribution in [2.24, 2.45) is 0 Å². The van der Waals surface area contributed by atoms with Gasteiger partial charge in [-0.05, 0) is 43.5 Å². The van der Waals surface area contributed by atoms with Gasteiger partial charge in [0.2, 0.25) is 0 Å². The molecule has 1 unspecified atom stereocenters. The first kappa shape index (κ1) is 15.0. The molecule has 0 aromatic heterocycles. The van der Waals surface area contributed by atoms with Crippen molar-refractivity contribution in [3.63, 3.8) is 0 Å². The molecule has 102 valence electrons. The van der Waals surface area contributed by atoms with Crippen LogP contribution >= 0.6 is 0 Å². The lowest BCUT2D eigenvalue weighted by Gasteiger charge is -2.18. The summed E-state index contributed by atoms with van der Waals surface area (Å²) in [6.07, 6.45) is 3.11. The van der Waals surface area contributed by atoms with E-state index in [0.717, 1.165) is 39.0 Å². The van der Waals surface area contributed by atoms with Gasteiger partial charge in [-0.25, -0.2) is 0 Å². The van der Waals surface area contributed by atoms with Gasteiger partial charge in [0.1, 0.15) is 5.75 Å². The summed E-state index contributed by atoms with van der Waals surface area (Å²) >= 11 is 0. The minimum absolute atomic E-state index is 0.319. The van der Waals surface area contributed by atoms with Crippen molar-refractivity contribution < 1.29 is 9.84 Å². The maximum Gasteiger partial charge on any atom is 0.115 e. The second-order valence-corrected chi connectivity index (χ2v) is 4.60. The number of ether oxygens (including phenoxy) is 1. The average Bonchev–Trinajstić information content (AvgIpc) is 2.38. The summed E-state index contributed by atoms with van der Waals surface area (Å²) in [6, 6.07) is 7.75. The quantitative estimate of drug-likeness (QED) is 0.663. The number of phenolic OH excluding ortho intramolecular Hbond substituents is 1. The second-order valence-electron chi connectivity index (χ2n) is 4.60. The Morgan fingerprint density at radius 1 is 1.17 bits per heavy atom. The molecule has 2 N–H and O–H groups in total. The summed E-state index contributed by atoms with van der Waals surface area (Å²) in [7, 11) is 0. The molecular formula is C15H25NO2. The average molecular weight is 251 g/mol. The third-order valence-corrected chi connectivity index (χ3v) is 2.77. The molecule has 0 saturated heterocycles. The van der Waals surface area contributed by atoms with Gasteiger partial charge >= 0.3 is 0 Å². The van der Waals surface area contributed by atoms with Crippen molar-refractivity contribution in [2.45, 2.75) is 39.2 Å². The number of hydrogen-bond acceptors (Lipinski definition) is 3.